The van der Waals surface area contributed by atoms with Crippen molar-refractivity contribution in [3.63, 3.8) is 0 Å². The average molecular weight is 518 g/mol. The van der Waals surface area contributed by atoms with Gasteiger partial charge in [0.1, 0.15) is 24.2 Å². The highest BCUT2D eigenvalue weighted by atomic mass is 19.2. The van der Waals surface area contributed by atoms with Crippen LogP contribution in [0.3, 0.4) is 0 Å². The van der Waals surface area contributed by atoms with Crippen LogP contribution in [0.25, 0.3) is 0 Å². The number of halogens is 3. The van der Waals surface area contributed by atoms with Crippen LogP contribution >= 0.6 is 0 Å². The Hall–Kier alpha value is -3.27. The number of urea groups is 1. The molecular formula is C27H30F3N3O4. The fourth-order valence-electron chi connectivity index (χ4n) is 5.87. The van der Waals surface area contributed by atoms with Crippen LogP contribution in [0.15, 0.2) is 36.4 Å². The second-order valence-corrected chi connectivity index (χ2v) is 9.96. The van der Waals surface area contributed by atoms with Gasteiger partial charge in [0.25, 0.3) is 0 Å². The first kappa shape index (κ1) is 25.4. The lowest BCUT2D eigenvalue weighted by atomic mass is 9.81. The van der Waals surface area contributed by atoms with Crippen molar-refractivity contribution in [2.45, 2.75) is 56.1 Å². The van der Waals surface area contributed by atoms with E-state index in [0.717, 1.165) is 61.2 Å². The summed E-state index contributed by atoms with van der Waals surface area (Å²) in [4.78, 5) is 28.6. The Balaban J connectivity index is 1.16. The third-order valence-corrected chi connectivity index (χ3v) is 7.82. The van der Waals surface area contributed by atoms with E-state index in [1.807, 2.05) is 6.07 Å². The minimum Gasteiger partial charge on any atom is -0.496 e. The van der Waals surface area contributed by atoms with E-state index in [1.54, 1.807) is 7.11 Å². The summed E-state index contributed by atoms with van der Waals surface area (Å²) < 4.78 is 51.1. The molecule has 2 heterocycles. The Bertz CT molecular complexity index is 1170. The van der Waals surface area contributed by atoms with Crippen molar-refractivity contribution in [1.29, 1.82) is 0 Å². The molecule has 1 aliphatic carbocycles. The van der Waals surface area contributed by atoms with Crippen LogP contribution in [0.5, 0.6) is 5.75 Å². The highest BCUT2D eigenvalue weighted by Gasteiger charge is 2.41. The maximum absolute atomic E-state index is 13.7. The molecule has 198 valence electrons. The quantitative estimate of drug-likeness (QED) is 0.597. The molecule has 2 aliphatic heterocycles. The number of imide groups is 1. The smallest absolute Gasteiger partial charge is 0.418 e. The number of methoxy groups -OCH3 is 1. The van der Waals surface area contributed by atoms with Gasteiger partial charge in [-0.3, -0.25) is 4.90 Å². The van der Waals surface area contributed by atoms with Gasteiger partial charge in [0.2, 0.25) is 0 Å². The third-order valence-electron chi connectivity index (χ3n) is 7.82. The first-order chi connectivity index (χ1) is 17.8. The van der Waals surface area contributed by atoms with Gasteiger partial charge in [-0.2, -0.15) is 0 Å². The fraction of sp³-hybridized carbons (Fsp3) is 0.481. The summed E-state index contributed by atoms with van der Waals surface area (Å²) in [5.41, 5.74) is 1.34. The molecule has 5 rings (SSSR count). The van der Waals surface area contributed by atoms with Gasteiger partial charge in [-0.15, -0.1) is 0 Å². The van der Waals surface area contributed by atoms with Crippen LogP contribution < -0.4 is 10.1 Å². The molecule has 0 spiro atoms. The zero-order valence-corrected chi connectivity index (χ0v) is 20.6. The number of carbonyl (C=O) groups is 2. The number of carbonyl (C=O) groups excluding carboxylic acids is 2. The fourth-order valence-corrected chi connectivity index (χ4v) is 5.87. The number of cyclic esters (lactones) is 1. The molecular weight excluding hydrogens is 487 g/mol. The van der Waals surface area contributed by atoms with Crippen LogP contribution in [0.1, 0.15) is 55.2 Å². The monoisotopic (exact) mass is 517 g/mol. The van der Waals surface area contributed by atoms with E-state index in [1.165, 1.54) is 18.2 Å². The molecule has 3 aliphatic rings. The van der Waals surface area contributed by atoms with E-state index in [2.05, 4.69) is 10.2 Å². The highest BCUT2D eigenvalue weighted by molar-refractivity contribution is 5.92. The number of likely N-dealkylation sites (tertiary alicyclic amines) is 1. The van der Waals surface area contributed by atoms with Crippen molar-refractivity contribution >= 4 is 12.1 Å². The van der Waals surface area contributed by atoms with Crippen molar-refractivity contribution in [3.05, 3.63) is 65.0 Å². The zero-order chi connectivity index (χ0) is 26.1. The van der Waals surface area contributed by atoms with E-state index in [4.69, 9.17) is 9.47 Å². The Labute approximate surface area is 213 Å². The van der Waals surface area contributed by atoms with Crippen LogP contribution in [0.2, 0.25) is 0 Å². The number of hydrogen-bond acceptors (Lipinski definition) is 5. The molecule has 3 amide bonds. The summed E-state index contributed by atoms with van der Waals surface area (Å²) in [7, 11) is 1.56. The molecule has 0 aromatic heterocycles. The lowest BCUT2D eigenvalue weighted by Gasteiger charge is -2.35. The Kier molecular flexibility index (Phi) is 7.28. The van der Waals surface area contributed by atoms with Crippen LogP contribution in [0.4, 0.5) is 22.8 Å². The van der Waals surface area contributed by atoms with Crippen molar-refractivity contribution in [2.24, 2.45) is 0 Å². The summed E-state index contributed by atoms with van der Waals surface area (Å²) in [5.74, 6) is -1.44. The number of hydrogen-bond donors (Lipinski definition) is 1. The number of nitrogens with zero attached hydrogens (tertiary/aromatic N) is 2. The number of amides is 3. The standard InChI is InChI=1S/C27H30F3N3O4/c1-36-25-13-18(28)5-8-21(25)16-2-6-20(7-3-16)32-11-10-19(14-32)31-26(34)33-24(15-37-27(33)35)17-4-9-22(29)23(30)12-17/h4-5,8-9,12-13,16,19-20,24H,2-3,6-7,10-11,14-15H2,1H3,(H,31,34)/t16?,19?,20?,24-/m1/s1. The second kappa shape index (κ2) is 10.6. The molecule has 2 aromatic carbocycles. The molecule has 2 saturated heterocycles. The zero-order valence-electron chi connectivity index (χ0n) is 20.6. The van der Waals surface area contributed by atoms with Crippen molar-refractivity contribution in [2.75, 3.05) is 26.8 Å². The van der Waals surface area contributed by atoms with Crippen molar-refractivity contribution in [1.82, 2.24) is 15.1 Å². The third kappa shape index (κ3) is 5.25. The summed E-state index contributed by atoms with van der Waals surface area (Å²) in [5, 5.41) is 2.93. The largest absolute Gasteiger partial charge is 0.496 e. The van der Waals surface area contributed by atoms with Crippen molar-refractivity contribution in [3.8, 4) is 5.75 Å². The van der Waals surface area contributed by atoms with E-state index in [9.17, 15) is 22.8 Å². The Morgan fingerprint density at radius 2 is 1.81 bits per heavy atom. The Morgan fingerprint density at radius 3 is 2.54 bits per heavy atom. The molecule has 37 heavy (non-hydrogen) atoms. The van der Waals surface area contributed by atoms with Gasteiger partial charge in [-0.05, 0) is 67.3 Å². The number of nitrogens with one attached hydrogen (secondary N) is 1. The van der Waals surface area contributed by atoms with Crippen LogP contribution in [-0.2, 0) is 4.74 Å². The average Bonchev–Trinajstić information content (AvgIpc) is 3.52. The molecule has 7 nitrogen and oxygen atoms in total. The van der Waals surface area contributed by atoms with E-state index >= 15 is 0 Å². The molecule has 1 unspecified atom stereocenters. The van der Waals surface area contributed by atoms with Gasteiger partial charge in [-0.1, -0.05) is 12.1 Å². The van der Waals surface area contributed by atoms with Gasteiger partial charge in [-0.25, -0.2) is 27.7 Å². The van der Waals surface area contributed by atoms with Crippen LogP contribution in [-0.4, -0.2) is 60.8 Å². The maximum Gasteiger partial charge on any atom is 0.418 e. The number of rotatable bonds is 5. The van der Waals surface area contributed by atoms with Crippen molar-refractivity contribution < 1.29 is 32.2 Å². The molecule has 2 aromatic rings. The van der Waals surface area contributed by atoms with E-state index in [-0.39, 0.29) is 18.5 Å². The summed E-state index contributed by atoms with van der Waals surface area (Å²) in [6.07, 6.45) is 3.85. The predicted octanol–water partition coefficient (Wildman–Crippen LogP) is 5.12. The molecule has 1 N–H and O–H groups in total. The molecule has 2 atom stereocenters. The predicted molar refractivity (Wildman–Crippen MR) is 129 cm³/mol. The molecule has 1 saturated carbocycles. The van der Waals surface area contributed by atoms with Gasteiger partial charge in [0.15, 0.2) is 11.6 Å². The second-order valence-electron chi connectivity index (χ2n) is 9.96. The normalized spacial score (nSPS) is 26.3. The first-order valence-electron chi connectivity index (χ1n) is 12.6. The molecule has 0 bridgehead atoms. The molecule has 10 heteroatoms. The lowest BCUT2D eigenvalue weighted by molar-refractivity contribution is 0.155. The van der Waals surface area contributed by atoms with Gasteiger partial charge >= 0.3 is 12.1 Å². The van der Waals surface area contributed by atoms with Crippen LogP contribution in [0, 0.1) is 17.5 Å². The minimum absolute atomic E-state index is 0.115. The van der Waals surface area contributed by atoms with Gasteiger partial charge in [0.05, 0.1) is 7.11 Å². The SMILES string of the molecule is COc1cc(F)ccc1C1CCC(N2CCC(NC(=O)N3C(=O)OC[C@@H]3c3ccc(F)c(F)c3)C2)CC1. The highest BCUT2D eigenvalue weighted by Crippen LogP contribution is 2.39. The van der Waals surface area contributed by atoms with E-state index in [0.29, 0.717) is 29.8 Å². The van der Waals surface area contributed by atoms with E-state index < -0.39 is 29.8 Å². The molecule has 0 radical (unpaired) electrons. The van der Waals surface area contributed by atoms with Gasteiger partial charge in [0, 0.05) is 31.2 Å². The number of ether oxygens (including phenoxy) is 2. The summed E-state index contributed by atoms with van der Waals surface area (Å²) >= 11 is 0. The van der Waals surface area contributed by atoms with Gasteiger partial charge < -0.3 is 14.8 Å². The molecule has 3 fully saturated rings. The topological polar surface area (TPSA) is 71.1 Å². The minimum atomic E-state index is -1.05. The lowest BCUT2D eigenvalue weighted by Crippen LogP contribution is -2.47. The Morgan fingerprint density at radius 1 is 1.03 bits per heavy atom. The summed E-state index contributed by atoms with van der Waals surface area (Å²) in [6.45, 7) is 1.38. The first-order valence-corrected chi connectivity index (χ1v) is 12.6. The number of benzene rings is 2. The summed E-state index contributed by atoms with van der Waals surface area (Å²) in [6, 6.07) is 6.86. The maximum atomic E-state index is 13.7.